The molecule has 3 aromatic carbocycles. The van der Waals surface area contributed by atoms with Gasteiger partial charge in [-0.15, -0.1) is 0 Å². The summed E-state index contributed by atoms with van der Waals surface area (Å²) in [6.45, 7) is 3.21. The predicted octanol–water partition coefficient (Wildman–Crippen LogP) is 6.52. The summed E-state index contributed by atoms with van der Waals surface area (Å²) < 4.78 is 13.1. The van der Waals surface area contributed by atoms with E-state index in [0.717, 1.165) is 27.2 Å². The first kappa shape index (κ1) is 18.5. The van der Waals surface area contributed by atoms with Crippen LogP contribution < -0.4 is 4.74 Å². The maximum absolute atomic E-state index is 6.30. The third kappa shape index (κ3) is 4.06. The highest BCUT2D eigenvalue weighted by Crippen LogP contribution is 2.36. The van der Waals surface area contributed by atoms with Crippen LogP contribution in [0.1, 0.15) is 29.2 Å². The summed E-state index contributed by atoms with van der Waals surface area (Å²) in [6, 6.07) is 22.4. The Morgan fingerprint density at radius 1 is 1.07 bits per heavy atom. The van der Waals surface area contributed by atoms with Gasteiger partial charge in [0.15, 0.2) is 0 Å². The Hall–Kier alpha value is -1.81. The van der Waals surface area contributed by atoms with Gasteiger partial charge in [-0.1, -0.05) is 63.9 Å². The number of benzene rings is 3. The SMILES string of the molecule is CC1(COc2ccc(Cc3cc(Br)ccc3Cl)cc2)OCc2ccccc21. The summed E-state index contributed by atoms with van der Waals surface area (Å²) in [7, 11) is 0. The van der Waals surface area contributed by atoms with Gasteiger partial charge in [0.2, 0.25) is 0 Å². The molecule has 2 nitrogen and oxygen atoms in total. The van der Waals surface area contributed by atoms with Gasteiger partial charge in [-0.05, 0) is 65.9 Å². The zero-order valence-electron chi connectivity index (χ0n) is 15.0. The lowest BCUT2D eigenvalue weighted by molar-refractivity contribution is -0.0535. The summed E-state index contributed by atoms with van der Waals surface area (Å²) >= 11 is 9.80. The normalized spacial score (nSPS) is 18.3. The Labute approximate surface area is 173 Å². The molecule has 138 valence electrons. The van der Waals surface area contributed by atoms with Crippen LogP contribution in [0, 0.1) is 0 Å². The number of rotatable bonds is 5. The molecule has 4 heteroatoms. The average Bonchev–Trinajstić information content (AvgIpc) is 3.02. The highest BCUT2D eigenvalue weighted by atomic mass is 79.9. The van der Waals surface area contributed by atoms with Gasteiger partial charge in [-0.3, -0.25) is 0 Å². The quantitative estimate of drug-likeness (QED) is 0.447. The molecule has 3 aromatic rings. The first-order valence-electron chi connectivity index (χ1n) is 8.91. The van der Waals surface area contributed by atoms with Gasteiger partial charge < -0.3 is 9.47 Å². The van der Waals surface area contributed by atoms with Crippen molar-refractivity contribution in [1.82, 2.24) is 0 Å². The van der Waals surface area contributed by atoms with Crippen molar-refractivity contribution in [3.8, 4) is 5.75 Å². The molecule has 0 saturated heterocycles. The fourth-order valence-corrected chi connectivity index (χ4v) is 4.01. The third-order valence-electron chi connectivity index (χ3n) is 4.97. The van der Waals surface area contributed by atoms with Crippen molar-refractivity contribution in [2.24, 2.45) is 0 Å². The standard InChI is InChI=1S/C23H20BrClO2/c1-23(21-5-3-2-4-17(21)14-27-23)15-26-20-9-6-16(7-10-20)12-18-13-19(24)8-11-22(18)25/h2-11,13H,12,14-15H2,1H3. The number of halogens is 2. The lowest BCUT2D eigenvalue weighted by atomic mass is 9.95. The van der Waals surface area contributed by atoms with Crippen molar-refractivity contribution in [2.45, 2.75) is 25.6 Å². The zero-order chi connectivity index (χ0) is 18.9. The largest absolute Gasteiger partial charge is 0.490 e. The summed E-state index contributed by atoms with van der Waals surface area (Å²) in [5.74, 6) is 0.841. The van der Waals surface area contributed by atoms with Crippen LogP contribution in [0.2, 0.25) is 5.02 Å². The molecule has 0 bridgehead atoms. The van der Waals surface area contributed by atoms with E-state index in [1.807, 2.05) is 36.4 Å². The van der Waals surface area contributed by atoms with Crippen LogP contribution in [0.5, 0.6) is 5.75 Å². The van der Waals surface area contributed by atoms with Crippen molar-refractivity contribution in [2.75, 3.05) is 6.61 Å². The molecule has 0 spiro atoms. The second-order valence-corrected chi connectivity index (χ2v) is 8.34. The van der Waals surface area contributed by atoms with Crippen LogP contribution in [0.25, 0.3) is 0 Å². The maximum atomic E-state index is 6.30. The minimum atomic E-state index is -0.404. The van der Waals surface area contributed by atoms with Crippen LogP contribution >= 0.6 is 27.5 Å². The van der Waals surface area contributed by atoms with Gasteiger partial charge >= 0.3 is 0 Å². The second-order valence-electron chi connectivity index (χ2n) is 7.02. The minimum Gasteiger partial charge on any atom is -0.490 e. The highest BCUT2D eigenvalue weighted by Gasteiger charge is 2.36. The molecular formula is C23H20BrClO2. The van der Waals surface area contributed by atoms with E-state index in [2.05, 4.69) is 53.2 Å². The van der Waals surface area contributed by atoms with Crippen LogP contribution in [-0.4, -0.2) is 6.61 Å². The molecule has 0 N–H and O–H groups in total. The van der Waals surface area contributed by atoms with Crippen molar-refractivity contribution in [3.05, 3.63) is 98.5 Å². The number of ether oxygens (including phenoxy) is 2. The summed E-state index contributed by atoms with van der Waals surface area (Å²) in [5, 5.41) is 0.781. The molecular weight excluding hydrogens is 424 g/mol. The molecule has 0 saturated carbocycles. The topological polar surface area (TPSA) is 18.5 Å². The minimum absolute atomic E-state index is 0.404. The lowest BCUT2D eigenvalue weighted by Crippen LogP contribution is -2.29. The average molecular weight is 444 g/mol. The van der Waals surface area contributed by atoms with E-state index in [9.17, 15) is 0 Å². The van der Waals surface area contributed by atoms with Gasteiger partial charge in [0.25, 0.3) is 0 Å². The van der Waals surface area contributed by atoms with E-state index >= 15 is 0 Å². The molecule has 0 amide bonds. The van der Waals surface area contributed by atoms with Gasteiger partial charge in [-0.2, -0.15) is 0 Å². The van der Waals surface area contributed by atoms with Gasteiger partial charge in [0.1, 0.15) is 18.0 Å². The zero-order valence-corrected chi connectivity index (χ0v) is 17.4. The monoisotopic (exact) mass is 442 g/mol. The molecule has 0 fully saturated rings. The summed E-state index contributed by atoms with van der Waals surface area (Å²) in [6.07, 6.45) is 0.784. The van der Waals surface area contributed by atoms with E-state index in [-0.39, 0.29) is 0 Å². The van der Waals surface area contributed by atoms with Crippen molar-refractivity contribution in [3.63, 3.8) is 0 Å². The fraction of sp³-hybridized carbons (Fsp3) is 0.217. The Balaban J connectivity index is 1.42. The van der Waals surface area contributed by atoms with E-state index in [1.165, 1.54) is 16.7 Å². The molecule has 1 atom stereocenters. The van der Waals surface area contributed by atoms with Crippen molar-refractivity contribution in [1.29, 1.82) is 0 Å². The number of fused-ring (bicyclic) bond motifs is 1. The molecule has 1 aliphatic heterocycles. The molecule has 1 aliphatic rings. The third-order valence-corrected chi connectivity index (χ3v) is 5.84. The van der Waals surface area contributed by atoms with Crippen LogP contribution in [0.4, 0.5) is 0 Å². The molecule has 4 rings (SSSR count). The lowest BCUT2D eigenvalue weighted by Gasteiger charge is -2.25. The van der Waals surface area contributed by atoms with E-state index in [1.54, 1.807) is 0 Å². The molecule has 27 heavy (non-hydrogen) atoms. The Morgan fingerprint density at radius 2 is 1.85 bits per heavy atom. The van der Waals surface area contributed by atoms with Crippen molar-refractivity contribution >= 4 is 27.5 Å². The Bertz CT molecular complexity index is 955. The highest BCUT2D eigenvalue weighted by molar-refractivity contribution is 9.10. The van der Waals surface area contributed by atoms with E-state index in [4.69, 9.17) is 21.1 Å². The van der Waals surface area contributed by atoms with Crippen LogP contribution in [0.3, 0.4) is 0 Å². The fourth-order valence-electron chi connectivity index (χ4n) is 3.42. The second kappa shape index (κ2) is 7.67. The number of hydrogen-bond acceptors (Lipinski definition) is 2. The molecule has 0 radical (unpaired) electrons. The summed E-state index contributed by atoms with van der Waals surface area (Å²) in [5.41, 5.74) is 4.34. The molecule has 0 aliphatic carbocycles. The molecule has 0 aromatic heterocycles. The van der Waals surface area contributed by atoms with Gasteiger partial charge in [0.05, 0.1) is 6.61 Å². The molecule has 1 unspecified atom stereocenters. The Morgan fingerprint density at radius 3 is 2.67 bits per heavy atom. The molecule has 1 heterocycles. The van der Waals surface area contributed by atoms with E-state index in [0.29, 0.717) is 13.2 Å². The summed E-state index contributed by atoms with van der Waals surface area (Å²) in [4.78, 5) is 0. The number of hydrogen-bond donors (Lipinski definition) is 0. The smallest absolute Gasteiger partial charge is 0.125 e. The van der Waals surface area contributed by atoms with Crippen LogP contribution in [0.15, 0.2) is 71.2 Å². The first-order chi connectivity index (χ1) is 13.0. The Kier molecular flexibility index (Phi) is 5.27. The van der Waals surface area contributed by atoms with E-state index < -0.39 is 5.60 Å². The van der Waals surface area contributed by atoms with Gasteiger partial charge in [0, 0.05) is 9.50 Å². The maximum Gasteiger partial charge on any atom is 0.125 e. The first-order valence-corrected chi connectivity index (χ1v) is 10.1. The van der Waals surface area contributed by atoms with Crippen LogP contribution in [-0.2, 0) is 23.4 Å². The van der Waals surface area contributed by atoms with Crippen molar-refractivity contribution < 1.29 is 9.47 Å². The predicted molar refractivity (Wildman–Crippen MR) is 112 cm³/mol. The van der Waals surface area contributed by atoms with Gasteiger partial charge in [-0.25, -0.2) is 0 Å².